The van der Waals surface area contributed by atoms with E-state index >= 15 is 0 Å². The minimum absolute atomic E-state index is 0.0730. The van der Waals surface area contributed by atoms with Gasteiger partial charge in [-0.1, -0.05) is 0 Å². The van der Waals surface area contributed by atoms with Crippen LogP contribution in [0, 0.1) is 12.3 Å². The second kappa shape index (κ2) is 10.7. The predicted octanol–water partition coefficient (Wildman–Crippen LogP) is 3.24. The van der Waals surface area contributed by atoms with Crippen LogP contribution in [-0.2, 0) is 11.0 Å². The van der Waals surface area contributed by atoms with Crippen molar-refractivity contribution >= 4 is 34.1 Å². The van der Waals surface area contributed by atoms with Gasteiger partial charge >= 0.3 is 0 Å². The van der Waals surface area contributed by atoms with Crippen LogP contribution in [0.5, 0.6) is 5.88 Å². The molecule has 0 bridgehead atoms. The van der Waals surface area contributed by atoms with Gasteiger partial charge in [-0.2, -0.15) is 4.98 Å². The molecule has 1 saturated carbocycles. The maximum atomic E-state index is 13.4. The molecule has 1 spiro atoms. The predicted molar refractivity (Wildman–Crippen MR) is 142 cm³/mol. The van der Waals surface area contributed by atoms with E-state index in [-0.39, 0.29) is 24.9 Å². The number of aromatic nitrogens is 1. The highest BCUT2D eigenvalue weighted by atomic mass is 32.2. The molecule has 10 heteroatoms. The Morgan fingerprint density at radius 1 is 1.19 bits per heavy atom. The summed E-state index contributed by atoms with van der Waals surface area (Å²) in [5.41, 5.74) is 2.26. The van der Waals surface area contributed by atoms with Gasteiger partial charge in [-0.25, -0.2) is 4.21 Å². The van der Waals surface area contributed by atoms with E-state index in [1.807, 2.05) is 13.0 Å². The third kappa shape index (κ3) is 6.96. The molecule has 1 atom stereocenters. The number of benzene rings is 1. The summed E-state index contributed by atoms with van der Waals surface area (Å²) in [7, 11) is -1.41. The first-order valence-corrected chi connectivity index (χ1v) is 13.7. The topological polar surface area (TPSA) is 124 Å². The van der Waals surface area contributed by atoms with Crippen LogP contribution in [0.2, 0.25) is 0 Å². The Hall–Kier alpha value is -2.69. The van der Waals surface area contributed by atoms with Crippen molar-refractivity contribution in [3.63, 3.8) is 0 Å². The van der Waals surface area contributed by atoms with Gasteiger partial charge in [0.15, 0.2) is 0 Å². The highest BCUT2D eigenvalue weighted by molar-refractivity contribution is 7.86. The van der Waals surface area contributed by atoms with Crippen LogP contribution in [-0.4, -0.2) is 63.0 Å². The van der Waals surface area contributed by atoms with Gasteiger partial charge in [-0.05, 0) is 81.7 Å². The summed E-state index contributed by atoms with van der Waals surface area (Å²) in [6.45, 7) is 6.80. The number of piperidine rings is 1. The number of carbonyl (C=O) groups excluding carboxylic acids is 1. The average molecular weight is 517 g/mol. The normalized spacial score (nSPS) is 17.5. The van der Waals surface area contributed by atoms with E-state index in [1.165, 1.54) is 12.8 Å². The van der Waals surface area contributed by atoms with Gasteiger partial charge in [0.1, 0.15) is 23.4 Å². The minimum atomic E-state index is -1.41. The highest BCUT2D eigenvalue weighted by Gasteiger charge is 2.44. The monoisotopic (exact) mass is 516 g/mol. The zero-order valence-electron chi connectivity index (χ0n) is 21.2. The Balaban J connectivity index is 1.56. The van der Waals surface area contributed by atoms with E-state index in [9.17, 15) is 14.1 Å². The smallest absolute Gasteiger partial charge is 0.258 e. The molecule has 2 heterocycles. The molecular formula is C26H36N4O5S. The molecule has 0 radical (unpaired) electrons. The fourth-order valence-corrected chi connectivity index (χ4v) is 5.08. The molecule has 9 nitrogen and oxygen atoms in total. The van der Waals surface area contributed by atoms with Crippen LogP contribution in [0.15, 0.2) is 30.3 Å². The van der Waals surface area contributed by atoms with E-state index in [2.05, 4.69) is 19.9 Å². The van der Waals surface area contributed by atoms with Gasteiger partial charge in [0.2, 0.25) is 5.88 Å². The lowest BCUT2D eigenvalue weighted by Gasteiger charge is -2.35. The van der Waals surface area contributed by atoms with Crippen LogP contribution in [0.3, 0.4) is 0 Å². The Bertz CT molecular complexity index is 1120. The molecule has 1 aliphatic heterocycles. The Kier molecular flexibility index (Phi) is 7.87. The molecule has 2 fully saturated rings. The molecule has 1 amide bonds. The number of rotatable bonds is 10. The summed E-state index contributed by atoms with van der Waals surface area (Å²) in [4.78, 5) is 20.0. The molecular weight excluding hydrogens is 480 g/mol. The fraction of sp³-hybridized carbons (Fsp3) is 0.538. The van der Waals surface area contributed by atoms with Crippen LogP contribution < -0.4 is 19.7 Å². The average Bonchev–Trinajstić information content (AvgIpc) is 3.56. The van der Waals surface area contributed by atoms with E-state index in [0.717, 1.165) is 37.2 Å². The second-order valence-electron chi connectivity index (χ2n) is 10.5. The molecule has 1 saturated heterocycles. The first kappa shape index (κ1) is 26.4. The number of nitrogens with one attached hydrogen (secondary N) is 2. The second-order valence-corrected chi connectivity index (χ2v) is 11.8. The molecule has 4 rings (SSSR count). The van der Waals surface area contributed by atoms with Crippen molar-refractivity contribution in [2.24, 2.45) is 5.41 Å². The molecule has 1 aromatic carbocycles. The molecule has 36 heavy (non-hydrogen) atoms. The van der Waals surface area contributed by atoms with Crippen LogP contribution in [0.4, 0.5) is 17.2 Å². The van der Waals surface area contributed by atoms with Crippen molar-refractivity contribution in [1.82, 2.24) is 4.98 Å². The van der Waals surface area contributed by atoms with Crippen molar-refractivity contribution < 1.29 is 24.0 Å². The zero-order valence-corrected chi connectivity index (χ0v) is 22.0. The summed E-state index contributed by atoms with van der Waals surface area (Å²) in [5, 5.41) is 21.9. The number of ether oxygens (including phenoxy) is 1. The summed E-state index contributed by atoms with van der Waals surface area (Å²) in [5.74, 6) is 0.509. The number of pyridine rings is 1. The van der Waals surface area contributed by atoms with Gasteiger partial charge < -0.3 is 29.9 Å². The standard InChI is InChI=1S/C26H36N4O5S/c1-18-14-22(27-23(15-18)35-17-25(2,3)33)28-24(32)20-5-4-19(29-36(34)13-12-31)16-21(20)30-10-8-26(6-7-26)9-11-30/h4-5,14-16,29,31,33H,6-13,17H2,1-3H3,(H,27,28,32). The number of anilines is 3. The lowest BCUT2D eigenvalue weighted by Crippen LogP contribution is -2.35. The molecule has 4 N–H and O–H groups in total. The first-order chi connectivity index (χ1) is 17.1. The lowest BCUT2D eigenvalue weighted by molar-refractivity contribution is 0.0268. The Labute approximate surface area is 214 Å². The third-order valence-electron chi connectivity index (χ3n) is 6.63. The van der Waals surface area contributed by atoms with Gasteiger partial charge in [-0.15, -0.1) is 0 Å². The van der Waals surface area contributed by atoms with E-state index in [0.29, 0.717) is 28.4 Å². The van der Waals surface area contributed by atoms with Crippen molar-refractivity contribution in [2.45, 2.75) is 52.1 Å². The summed E-state index contributed by atoms with van der Waals surface area (Å²) >= 11 is 0. The molecule has 1 unspecified atom stereocenters. The van der Waals surface area contributed by atoms with Crippen molar-refractivity contribution in [3.8, 4) is 5.88 Å². The number of nitrogens with zero attached hydrogens (tertiary/aromatic N) is 2. The number of carbonyl (C=O) groups is 1. The third-order valence-corrected chi connectivity index (χ3v) is 7.65. The molecule has 1 aliphatic carbocycles. The summed E-state index contributed by atoms with van der Waals surface area (Å²) < 4.78 is 20.7. The maximum absolute atomic E-state index is 13.4. The Morgan fingerprint density at radius 3 is 2.56 bits per heavy atom. The van der Waals surface area contributed by atoms with Crippen molar-refractivity contribution in [2.75, 3.05) is 47.0 Å². The van der Waals surface area contributed by atoms with E-state index < -0.39 is 16.6 Å². The van der Waals surface area contributed by atoms with Gasteiger partial charge in [0.25, 0.3) is 5.91 Å². The largest absolute Gasteiger partial charge is 0.475 e. The van der Waals surface area contributed by atoms with Gasteiger partial charge in [-0.3, -0.25) is 4.79 Å². The molecule has 1 aromatic heterocycles. The van der Waals surface area contributed by atoms with Crippen LogP contribution >= 0.6 is 0 Å². The zero-order chi connectivity index (χ0) is 25.9. The summed E-state index contributed by atoms with van der Waals surface area (Å²) in [6.07, 6.45) is 4.77. The number of aryl methyl sites for hydroxylation is 1. The lowest BCUT2D eigenvalue weighted by atomic mass is 9.93. The quantitative estimate of drug-likeness (QED) is 0.382. The SMILES string of the molecule is Cc1cc(NC(=O)c2ccc(NS(=O)CCO)cc2N2CCC3(CC2)CC3)nc(OCC(C)(C)O)c1. The van der Waals surface area contributed by atoms with E-state index in [1.54, 1.807) is 38.1 Å². The molecule has 2 aliphatic rings. The fourth-order valence-electron chi connectivity index (χ4n) is 4.42. The van der Waals surface area contributed by atoms with Crippen molar-refractivity contribution in [1.29, 1.82) is 0 Å². The molecule has 2 aromatic rings. The van der Waals surface area contributed by atoms with Gasteiger partial charge in [0.05, 0.1) is 29.2 Å². The number of aliphatic hydroxyl groups is 2. The summed E-state index contributed by atoms with van der Waals surface area (Å²) in [6, 6.07) is 8.83. The van der Waals surface area contributed by atoms with Crippen LogP contribution in [0.1, 0.15) is 55.5 Å². The van der Waals surface area contributed by atoms with Crippen molar-refractivity contribution in [3.05, 3.63) is 41.5 Å². The number of hydrogen-bond donors (Lipinski definition) is 4. The van der Waals surface area contributed by atoms with Crippen LogP contribution in [0.25, 0.3) is 0 Å². The van der Waals surface area contributed by atoms with Gasteiger partial charge in [0, 0.05) is 24.8 Å². The Morgan fingerprint density at radius 2 is 1.92 bits per heavy atom. The maximum Gasteiger partial charge on any atom is 0.258 e. The highest BCUT2D eigenvalue weighted by Crippen LogP contribution is 2.54. The van der Waals surface area contributed by atoms with E-state index in [4.69, 9.17) is 9.84 Å². The minimum Gasteiger partial charge on any atom is -0.475 e. The number of aliphatic hydroxyl groups excluding tert-OH is 1. The number of hydrogen-bond acceptors (Lipinski definition) is 7. The first-order valence-electron chi connectivity index (χ1n) is 12.4. The number of amides is 1. The molecule has 196 valence electrons.